The molecule has 0 radical (unpaired) electrons. The van der Waals surface area contributed by atoms with Crippen LogP contribution in [-0.2, 0) is 19.6 Å². The smallest absolute Gasteiger partial charge is 0.254 e. The largest absolute Gasteiger partial charge is 0.327 e. The fourth-order valence-corrected chi connectivity index (χ4v) is 4.34. The van der Waals surface area contributed by atoms with E-state index in [1.165, 1.54) is 12.8 Å². The summed E-state index contributed by atoms with van der Waals surface area (Å²) in [4.78, 5) is 20.7. The van der Waals surface area contributed by atoms with Gasteiger partial charge in [0.2, 0.25) is 0 Å². The minimum Gasteiger partial charge on any atom is -0.327 e. The summed E-state index contributed by atoms with van der Waals surface area (Å²) in [7, 11) is 0. The Balaban J connectivity index is 1.53. The molecule has 0 aliphatic heterocycles. The van der Waals surface area contributed by atoms with Gasteiger partial charge in [0.15, 0.2) is 0 Å². The molecule has 4 aromatic rings. The van der Waals surface area contributed by atoms with Crippen LogP contribution in [0.5, 0.6) is 0 Å². The monoisotopic (exact) mass is 423 g/mol. The van der Waals surface area contributed by atoms with Crippen LogP contribution in [-0.4, -0.2) is 20.4 Å². The third kappa shape index (κ3) is 4.18. The molecule has 0 saturated heterocycles. The fraction of sp³-hybridized carbons (Fsp3) is 0.286. The topological polar surface area (TPSA) is 38.1 Å². The summed E-state index contributed by atoms with van der Waals surface area (Å²) >= 11 is 0. The van der Waals surface area contributed by atoms with Gasteiger partial charge in [-0.2, -0.15) is 0 Å². The molecule has 1 aliphatic carbocycles. The van der Waals surface area contributed by atoms with Crippen LogP contribution in [0.4, 0.5) is 0 Å². The van der Waals surface area contributed by atoms with Crippen molar-refractivity contribution in [1.29, 1.82) is 0 Å². The zero-order valence-electron chi connectivity index (χ0n) is 18.8. The molecule has 0 spiro atoms. The molecule has 4 nitrogen and oxygen atoms in total. The Bertz CT molecular complexity index is 1250. The van der Waals surface area contributed by atoms with Gasteiger partial charge in [0.05, 0.1) is 17.6 Å². The summed E-state index contributed by atoms with van der Waals surface area (Å²) in [5, 5.41) is 0. The third-order valence-corrected chi connectivity index (χ3v) is 6.54. The predicted octanol–water partition coefficient (Wildman–Crippen LogP) is 5.91. The molecule has 1 fully saturated rings. The van der Waals surface area contributed by atoms with E-state index in [0.717, 1.165) is 51.6 Å². The van der Waals surface area contributed by atoms with Crippen molar-refractivity contribution in [2.24, 2.45) is 5.92 Å². The van der Waals surface area contributed by atoms with Gasteiger partial charge in [0.25, 0.3) is 5.91 Å². The summed E-state index contributed by atoms with van der Waals surface area (Å²) in [6.07, 6.45) is 2.56. The van der Waals surface area contributed by atoms with Crippen molar-refractivity contribution in [2.75, 3.05) is 0 Å². The van der Waals surface area contributed by atoms with Crippen LogP contribution in [0.1, 0.15) is 45.7 Å². The van der Waals surface area contributed by atoms with Gasteiger partial charge in [-0.1, -0.05) is 54.6 Å². The number of aryl methyl sites for hydroxylation is 1. The highest BCUT2D eigenvalue weighted by atomic mass is 16.2. The number of rotatable bonds is 7. The standard InChI is InChI=1S/C28H29N3O/c1-20-9-8-12-24(21(20)2)28(32)30(17-22-10-4-3-5-11-22)19-27-29-25-13-6-7-14-26(25)31(27)18-23-15-16-23/h3-14,23H,15-19H2,1-2H3. The molecule has 1 saturated carbocycles. The highest BCUT2D eigenvalue weighted by molar-refractivity contribution is 5.96. The van der Waals surface area contributed by atoms with Gasteiger partial charge in [-0.25, -0.2) is 4.98 Å². The zero-order valence-corrected chi connectivity index (χ0v) is 18.8. The molecule has 0 N–H and O–H groups in total. The van der Waals surface area contributed by atoms with Gasteiger partial charge in [-0.15, -0.1) is 0 Å². The second-order valence-electron chi connectivity index (χ2n) is 8.97. The molecule has 162 valence electrons. The first kappa shape index (κ1) is 20.5. The summed E-state index contributed by atoms with van der Waals surface area (Å²) in [6, 6.07) is 24.5. The molecule has 1 aliphatic rings. The molecule has 32 heavy (non-hydrogen) atoms. The SMILES string of the molecule is Cc1cccc(C(=O)N(Cc2ccccc2)Cc2nc3ccccc3n2CC2CC2)c1C. The minimum atomic E-state index is 0.0556. The van der Waals surface area contributed by atoms with E-state index in [4.69, 9.17) is 4.98 Å². The van der Waals surface area contributed by atoms with E-state index in [1.807, 2.05) is 48.2 Å². The lowest BCUT2D eigenvalue weighted by Gasteiger charge is -2.24. The summed E-state index contributed by atoms with van der Waals surface area (Å²) < 4.78 is 2.33. The number of fused-ring (bicyclic) bond motifs is 1. The molecule has 1 aromatic heterocycles. The lowest BCUT2D eigenvalue weighted by molar-refractivity contribution is 0.0722. The van der Waals surface area contributed by atoms with Gasteiger partial charge in [-0.3, -0.25) is 4.79 Å². The van der Waals surface area contributed by atoms with E-state index in [2.05, 4.69) is 47.9 Å². The minimum absolute atomic E-state index is 0.0556. The number of nitrogens with zero attached hydrogens (tertiary/aromatic N) is 3. The number of carbonyl (C=O) groups excluding carboxylic acids is 1. The molecule has 1 heterocycles. The molecule has 3 aromatic carbocycles. The van der Waals surface area contributed by atoms with Gasteiger partial charge < -0.3 is 9.47 Å². The summed E-state index contributed by atoms with van der Waals surface area (Å²) in [5.41, 5.74) is 6.23. The van der Waals surface area contributed by atoms with Crippen LogP contribution < -0.4 is 0 Å². The van der Waals surface area contributed by atoms with Crippen LogP contribution in [0, 0.1) is 19.8 Å². The Labute approximate surface area is 189 Å². The maximum Gasteiger partial charge on any atom is 0.254 e. The Morgan fingerprint density at radius 1 is 0.938 bits per heavy atom. The highest BCUT2D eigenvalue weighted by Crippen LogP contribution is 2.33. The first-order valence-electron chi connectivity index (χ1n) is 11.4. The molecule has 0 bridgehead atoms. The van der Waals surface area contributed by atoms with Crippen molar-refractivity contribution < 1.29 is 4.79 Å². The van der Waals surface area contributed by atoms with Crippen LogP contribution >= 0.6 is 0 Å². The van der Waals surface area contributed by atoms with Gasteiger partial charge in [0.1, 0.15) is 5.82 Å². The van der Waals surface area contributed by atoms with Gasteiger partial charge in [-0.05, 0) is 67.5 Å². The number of hydrogen-bond acceptors (Lipinski definition) is 2. The Morgan fingerprint density at radius 2 is 1.69 bits per heavy atom. The van der Waals surface area contributed by atoms with Crippen molar-refractivity contribution in [3.8, 4) is 0 Å². The maximum atomic E-state index is 13.8. The lowest BCUT2D eigenvalue weighted by atomic mass is 10.0. The number of carbonyl (C=O) groups is 1. The van der Waals surface area contributed by atoms with Crippen molar-refractivity contribution >= 4 is 16.9 Å². The van der Waals surface area contributed by atoms with E-state index < -0.39 is 0 Å². The number of imidazole rings is 1. The molecule has 4 heteroatoms. The fourth-order valence-electron chi connectivity index (χ4n) is 4.34. The molecule has 5 rings (SSSR count). The van der Waals surface area contributed by atoms with Crippen molar-refractivity contribution in [2.45, 2.75) is 46.3 Å². The predicted molar refractivity (Wildman–Crippen MR) is 128 cm³/mol. The second-order valence-corrected chi connectivity index (χ2v) is 8.97. The summed E-state index contributed by atoms with van der Waals surface area (Å²) in [6.45, 7) is 6.11. The normalized spacial score (nSPS) is 13.4. The van der Waals surface area contributed by atoms with Crippen LogP contribution in [0.25, 0.3) is 11.0 Å². The number of aromatic nitrogens is 2. The molecular formula is C28H29N3O. The first-order valence-corrected chi connectivity index (χ1v) is 11.4. The van der Waals surface area contributed by atoms with Crippen LogP contribution in [0.3, 0.4) is 0 Å². The van der Waals surface area contributed by atoms with Gasteiger partial charge >= 0.3 is 0 Å². The molecule has 1 amide bonds. The Kier molecular flexibility index (Phi) is 5.52. The van der Waals surface area contributed by atoms with Crippen molar-refractivity contribution in [3.05, 3.63) is 101 Å². The molecule has 0 unspecified atom stereocenters. The van der Waals surface area contributed by atoms with E-state index in [9.17, 15) is 4.79 Å². The van der Waals surface area contributed by atoms with Gasteiger partial charge in [0, 0.05) is 18.7 Å². The van der Waals surface area contributed by atoms with E-state index in [-0.39, 0.29) is 5.91 Å². The average molecular weight is 424 g/mol. The van der Waals surface area contributed by atoms with Crippen LogP contribution in [0.15, 0.2) is 72.8 Å². The second kappa shape index (κ2) is 8.62. The average Bonchev–Trinajstić information content (AvgIpc) is 3.57. The Hall–Kier alpha value is -3.40. The van der Waals surface area contributed by atoms with Crippen molar-refractivity contribution in [3.63, 3.8) is 0 Å². The number of amides is 1. The quantitative estimate of drug-likeness (QED) is 0.371. The number of benzene rings is 3. The molecular weight excluding hydrogens is 394 g/mol. The number of hydrogen-bond donors (Lipinski definition) is 0. The van der Waals surface area contributed by atoms with E-state index >= 15 is 0 Å². The number of para-hydroxylation sites is 2. The highest BCUT2D eigenvalue weighted by Gasteiger charge is 2.26. The van der Waals surface area contributed by atoms with E-state index in [0.29, 0.717) is 13.1 Å². The van der Waals surface area contributed by atoms with Crippen molar-refractivity contribution in [1.82, 2.24) is 14.5 Å². The van der Waals surface area contributed by atoms with E-state index in [1.54, 1.807) is 0 Å². The van der Waals surface area contributed by atoms with Crippen LogP contribution in [0.2, 0.25) is 0 Å². The Morgan fingerprint density at radius 3 is 2.47 bits per heavy atom. The maximum absolute atomic E-state index is 13.8. The molecule has 0 atom stereocenters. The lowest BCUT2D eigenvalue weighted by Crippen LogP contribution is -2.32. The zero-order chi connectivity index (χ0) is 22.1. The first-order chi connectivity index (χ1) is 15.6. The third-order valence-electron chi connectivity index (χ3n) is 6.54. The summed E-state index contributed by atoms with van der Waals surface area (Å²) in [5.74, 6) is 1.75.